The molecule has 1 rings (SSSR count). The van der Waals surface area contributed by atoms with Gasteiger partial charge in [0.25, 0.3) is 0 Å². The first kappa shape index (κ1) is 14.9. The van der Waals surface area contributed by atoms with Gasteiger partial charge in [-0.3, -0.25) is 0 Å². The minimum absolute atomic E-state index is 0.333. The lowest BCUT2D eigenvalue weighted by Crippen LogP contribution is -2.38. The summed E-state index contributed by atoms with van der Waals surface area (Å²) in [6, 6.07) is 0. The highest BCUT2D eigenvalue weighted by molar-refractivity contribution is 4.73. The van der Waals surface area contributed by atoms with Crippen molar-refractivity contribution in [3.05, 3.63) is 0 Å². The van der Waals surface area contributed by atoms with Gasteiger partial charge in [0.15, 0.2) is 0 Å². The van der Waals surface area contributed by atoms with Gasteiger partial charge in [0.05, 0.1) is 6.61 Å². The van der Waals surface area contributed by atoms with Crippen LogP contribution >= 0.6 is 0 Å². The third-order valence-corrected chi connectivity index (χ3v) is 3.51. The van der Waals surface area contributed by atoms with Crippen LogP contribution in [0.1, 0.15) is 25.7 Å². The zero-order chi connectivity index (χ0) is 12.3. The van der Waals surface area contributed by atoms with Crippen LogP contribution in [0.4, 0.5) is 0 Å². The number of likely N-dealkylation sites (tertiary alicyclic amines) is 1. The van der Waals surface area contributed by atoms with Crippen molar-refractivity contribution in [3.63, 3.8) is 0 Å². The number of nitrogens with zero attached hydrogens (tertiary/aromatic N) is 1. The van der Waals surface area contributed by atoms with E-state index in [1.807, 2.05) is 0 Å². The van der Waals surface area contributed by atoms with E-state index < -0.39 is 0 Å². The minimum Gasteiger partial charge on any atom is -0.396 e. The molecule has 0 aromatic heterocycles. The molecule has 17 heavy (non-hydrogen) atoms. The number of aliphatic hydroxyl groups excluding tert-OH is 1. The second-order valence-electron chi connectivity index (χ2n) is 4.91. The van der Waals surface area contributed by atoms with E-state index >= 15 is 0 Å². The normalized spacial score (nSPS) is 18.7. The lowest BCUT2D eigenvalue weighted by Gasteiger charge is -2.32. The molecule has 0 bridgehead atoms. The molecule has 0 aliphatic carbocycles. The quantitative estimate of drug-likeness (QED) is 0.586. The van der Waals surface area contributed by atoms with Crippen LogP contribution in [0.15, 0.2) is 0 Å². The van der Waals surface area contributed by atoms with Gasteiger partial charge < -0.3 is 20.1 Å². The van der Waals surface area contributed by atoms with Crippen LogP contribution in [0.3, 0.4) is 0 Å². The number of hydrogen-bond acceptors (Lipinski definition) is 4. The number of methoxy groups -OCH3 is 1. The van der Waals surface area contributed by atoms with Gasteiger partial charge in [0, 0.05) is 20.3 Å². The third-order valence-electron chi connectivity index (χ3n) is 3.51. The van der Waals surface area contributed by atoms with E-state index in [1.54, 1.807) is 7.11 Å². The summed E-state index contributed by atoms with van der Waals surface area (Å²) >= 11 is 0. The zero-order valence-electron chi connectivity index (χ0n) is 11.2. The molecular weight excluding hydrogens is 216 g/mol. The van der Waals surface area contributed by atoms with E-state index in [1.165, 1.54) is 25.9 Å². The molecule has 0 unspecified atom stereocenters. The maximum absolute atomic E-state index is 8.74. The Balaban J connectivity index is 1.97. The molecule has 4 nitrogen and oxygen atoms in total. The fourth-order valence-corrected chi connectivity index (χ4v) is 2.34. The highest BCUT2D eigenvalue weighted by Gasteiger charge is 2.18. The molecule has 0 spiro atoms. The summed E-state index contributed by atoms with van der Waals surface area (Å²) < 4.78 is 5.01. The Morgan fingerprint density at radius 3 is 2.71 bits per heavy atom. The van der Waals surface area contributed by atoms with E-state index in [0.717, 1.165) is 45.0 Å². The van der Waals surface area contributed by atoms with Gasteiger partial charge >= 0.3 is 0 Å². The molecule has 102 valence electrons. The Morgan fingerprint density at radius 2 is 2.06 bits per heavy atom. The summed E-state index contributed by atoms with van der Waals surface area (Å²) in [4.78, 5) is 2.53. The summed E-state index contributed by atoms with van der Waals surface area (Å²) in [5.41, 5.74) is 0. The van der Waals surface area contributed by atoms with Crippen molar-refractivity contribution in [2.24, 2.45) is 5.92 Å². The van der Waals surface area contributed by atoms with Gasteiger partial charge in [0.1, 0.15) is 0 Å². The fraction of sp³-hybridized carbons (Fsp3) is 1.00. The Kier molecular flexibility index (Phi) is 8.61. The van der Waals surface area contributed by atoms with Crippen LogP contribution in [0.5, 0.6) is 0 Å². The number of unbranched alkanes of at least 4 members (excludes halogenated alkanes) is 1. The average molecular weight is 244 g/mol. The molecule has 0 amide bonds. The molecule has 1 saturated heterocycles. The highest BCUT2D eigenvalue weighted by atomic mass is 16.5. The van der Waals surface area contributed by atoms with Crippen molar-refractivity contribution in [1.29, 1.82) is 0 Å². The van der Waals surface area contributed by atoms with E-state index in [2.05, 4.69) is 10.2 Å². The highest BCUT2D eigenvalue weighted by Crippen LogP contribution is 2.16. The predicted octanol–water partition coefficient (Wildman–Crippen LogP) is 0.707. The van der Waals surface area contributed by atoms with Crippen molar-refractivity contribution < 1.29 is 9.84 Å². The van der Waals surface area contributed by atoms with Crippen LogP contribution in [0, 0.1) is 5.92 Å². The molecule has 1 heterocycles. The number of rotatable bonds is 9. The van der Waals surface area contributed by atoms with E-state index in [-0.39, 0.29) is 0 Å². The molecular formula is C13H28N2O2. The first-order valence-electron chi connectivity index (χ1n) is 6.89. The monoisotopic (exact) mass is 244 g/mol. The molecule has 1 aliphatic heterocycles. The summed E-state index contributed by atoms with van der Waals surface area (Å²) in [7, 11) is 1.74. The van der Waals surface area contributed by atoms with Gasteiger partial charge in [-0.15, -0.1) is 0 Å². The Morgan fingerprint density at radius 1 is 1.29 bits per heavy atom. The van der Waals surface area contributed by atoms with E-state index in [0.29, 0.717) is 6.61 Å². The first-order valence-corrected chi connectivity index (χ1v) is 6.89. The summed E-state index contributed by atoms with van der Waals surface area (Å²) in [5.74, 6) is 0.834. The smallest absolute Gasteiger partial charge is 0.0587 e. The topological polar surface area (TPSA) is 44.7 Å². The standard InChI is InChI=1S/C13H28N2O2/c1-17-11-6-14-12-13-4-8-15(9-5-13)7-2-3-10-16/h13-14,16H,2-12H2,1H3. The van der Waals surface area contributed by atoms with Crippen LogP contribution in [0.2, 0.25) is 0 Å². The SMILES string of the molecule is COCCNCC1CCN(CCCCO)CC1. The summed E-state index contributed by atoms with van der Waals surface area (Å²) in [6.45, 7) is 6.84. The Labute approximate surface area is 105 Å². The molecule has 0 aromatic carbocycles. The van der Waals surface area contributed by atoms with E-state index in [4.69, 9.17) is 9.84 Å². The van der Waals surface area contributed by atoms with Crippen molar-refractivity contribution in [3.8, 4) is 0 Å². The van der Waals surface area contributed by atoms with Crippen LogP contribution in [-0.2, 0) is 4.74 Å². The van der Waals surface area contributed by atoms with Gasteiger partial charge in [0.2, 0.25) is 0 Å². The third kappa shape index (κ3) is 6.99. The molecule has 0 saturated carbocycles. The second kappa shape index (κ2) is 9.83. The van der Waals surface area contributed by atoms with Gasteiger partial charge in [-0.25, -0.2) is 0 Å². The maximum atomic E-state index is 8.74. The molecule has 1 aliphatic rings. The lowest BCUT2D eigenvalue weighted by molar-refractivity contribution is 0.167. The number of ether oxygens (including phenoxy) is 1. The molecule has 4 heteroatoms. The van der Waals surface area contributed by atoms with Gasteiger partial charge in [-0.2, -0.15) is 0 Å². The van der Waals surface area contributed by atoms with E-state index in [9.17, 15) is 0 Å². The van der Waals surface area contributed by atoms with Crippen molar-refractivity contribution in [1.82, 2.24) is 10.2 Å². The molecule has 1 fully saturated rings. The second-order valence-corrected chi connectivity index (χ2v) is 4.91. The van der Waals surface area contributed by atoms with Gasteiger partial charge in [-0.1, -0.05) is 0 Å². The zero-order valence-corrected chi connectivity index (χ0v) is 11.2. The maximum Gasteiger partial charge on any atom is 0.0587 e. The van der Waals surface area contributed by atoms with Crippen LogP contribution in [-0.4, -0.2) is 63.1 Å². The van der Waals surface area contributed by atoms with Crippen LogP contribution in [0.25, 0.3) is 0 Å². The molecule has 0 radical (unpaired) electrons. The van der Waals surface area contributed by atoms with Crippen LogP contribution < -0.4 is 5.32 Å². The number of nitrogens with one attached hydrogen (secondary N) is 1. The number of hydrogen-bond donors (Lipinski definition) is 2. The van der Waals surface area contributed by atoms with Crippen molar-refractivity contribution in [2.45, 2.75) is 25.7 Å². The lowest BCUT2D eigenvalue weighted by atomic mass is 9.96. The predicted molar refractivity (Wildman–Crippen MR) is 70.2 cm³/mol. The number of aliphatic hydroxyl groups is 1. The average Bonchev–Trinajstić information content (AvgIpc) is 2.37. The molecule has 0 atom stereocenters. The minimum atomic E-state index is 0.333. The largest absolute Gasteiger partial charge is 0.396 e. The summed E-state index contributed by atoms with van der Waals surface area (Å²) in [6.07, 6.45) is 4.68. The summed E-state index contributed by atoms with van der Waals surface area (Å²) in [5, 5.41) is 12.2. The Bertz CT molecular complexity index is 171. The van der Waals surface area contributed by atoms with Crippen molar-refractivity contribution in [2.75, 3.05) is 53.0 Å². The number of piperidine rings is 1. The Hall–Kier alpha value is -0.160. The first-order chi connectivity index (χ1) is 8.36. The fourth-order valence-electron chi connectivity index (χ4n) is 2.34. The van der Waals surface area contributed by atoms with Crippen molar-refractivity contribution >= 4 is 0 Å². The van der Waals surface area contributed by atoms with Gasteiger partial charge in [-0.05, 0) is 57.8 Å². The molecule has 0 aromatic rings. The molecule has 2 N–H and O–H groups in total.